The Balaban J connectivity index is 2.02. The van der Waals surface area contributed by atoms with Gasteiger partial charge in [-0.1, -0.05) is 42.5 Å². The molecule has 4 amide bonds. The summed E-state index contributed by atoms with van der Waals surface area (Å²) in [7, 11) is 0. The summed E-state index contributed by atoms with van der Waals surface area (Å²) in [6.07, 6.45) is -0.772. The van der Waals surface area contributed by atoms with Crippen LogP contribution < -0.4 is 27.0 Å². The molecular weight excluding hydrogens is 516 g/mol. The minimum absolute atomic E-state index is 0.0782. The topological polar surface area (TPSA) is 204 Å². The first kappa shape index (κ1) is 31.5. The number of aliphatic carboxylic acids is 1. The molecular formula is C28H36N6O6. The lowest BCUT2D eigenvalue weighted by Gasteiger charge is -2.27. The number of nitrogens with one attached hydrogen (secondary N) is 5. The molecule has 0 radical (unpaired) electrons. The number of hydrogen-bond acceptors (Lipinski definition) is 6. The molecule has 2 aromatic carbocycles. The van der Waals surface area contributed by atoms with Crippen molar-refractivity contribution in [2.24, 2.45) is 5.73 Å². The molecule has 12 heteroatoms. The summed E-state index contributed by atoms with van der Waals surface area (Å²) >= 11 is 0. The van der Waals surface area contributed by atoms with Gasteiger partial charge in [0.15, 0.2) is 0 Å². The average Bonchev–Trinajstić information content (AvgIpc) is 2.87. The highest BCUT2D eigenvalue weighted by Gasteiger charge is 2.30. The first-order chi connectivity index (χ1) is 18.7. The van der Waals surface area contributed by atoms with Crippen molar-refractivity contribution in [3.8, 4) is 0 Å². The van der Waals surface area contributed by atoms with Crippen molar-refractivity contribution < 1.29 is 29.1 Å². The van der Waals surface area contributed by atoms with Gasteiger partial charge in [-0.05, 0) is 38.5 Å². The van der Waals surface area contributed by atoms with Gasteiger partial charge >= 0.3 is 5.97 Å². The van der Waals surface area contributed by atoms with E-state index in [-0.39, 0.29) is 25.2 Å². The van der Waals surface area contributed by atoms with E-state index >= 15 is 0 Å². The molecule has 0 saturated carbocycles. The summed E-state index contributed by atoms with van der Waals surface area (Å²) in [5.74, 6) is -3.85. The van der Waals surface area contributed by atoms with Gasteiger partial charge < -0.3 is 32.1 Å². The van der Waals surface area contributed by atoms with E-state index in [1.807, 2.05) is 6.07 Å². The van der Waals surface area contributed by atoms with E-state index in [2.05, 4.69) is 21.3 Å². The van der Waals surface area contributed by atoms with E-state index in [1.165, 1.54) is 24.3 Å². The van der Waals surface area contributed by atoms with E-state index in [1.54, 1.807) is 45.0 Å². The molecule has 0 aliphatic rings. The molecule has 0 aromatic heterocycles. The quantitative estimate of drug-likeness (QED) is 0.140. The first-order valence-electron chi connectivity index (χ1n) is 12.7. The molecule has 2 aromatic rings. The molecule has 0 unspecified atom stereocenters. The van der Waals surface area contributed by atoms with Crippen LogP contribution in [0.15, 0.2) is 54.6 Å². The van der Waals surface area contributed by atoms with Crippen molar-refractivity contribution in [3.05, 3.63) is 71.3 Å². The molecule has 0 aliphatic carbocycles. The van der Waals surface area contributed by atoms with Gasteiger partial charge in [0.1, 0.15) is 17.9 Å². The fourth-order valence-corrected chi connectivity index (χ4v) is 3.63. The van der Waals surface area contributed by atoms with Crippen molar-refractivity contribution in [1.82, 2.24) is 21.3 Å². The van der Waals surface area contributed by atoms with Gasteiger partial charge in [0, 0.05) is 36.1 Å². The van der Waals surface area contributed by atoms with Gasteiger partial charge in [0.2, 0.25) is 17.7 Å². The summed E-state index contributed by atoms with van der Waals surface area (Å²) < 4.78 is 0. The second-order valence-corrected chi connectivity index (χ2v) is 10.2. The molecule has 8 N–H and O–H groups in total. The Labute approximate surface area is 232 Å². The Bertz CT molecular complexity index is 1220. The monoisotopic (exact) mass is 552 g/mol. The lowest BCUT2D eigenvalue weighted by molar-refractivity contribution is -0.141. The summed E-state index contributed by atoms with van der Waals surface area (Å²) in [5.41, 5.74) is 6.36. The summed E-state index contributed by atoms with van der Waals surface area (Å²) in [6, 6.07) is 12.6. The van der Waals surface area contributed by atoms with Crippen LogP contribution >= 0.6 is 0 Å². The third-order valence-corrected chi connectivity index (χ3v) is 5.54. The smallest absolute Gasteiger partial charge is 0.305 e. The predicted octanol–water partition coefficient (Wildman–Crippen LogP) is 0.692. The largest absolute Gasteiger partial charge is 0.481 e. The SMILES string of the molecule is CC(C)(C)NC(=O)[C@H](Cc1ccccc1)NC(=O)[C@H](CC(=O)O)NC(=O)CCNC(=O)c1ccc(C(=N)N)cc1. The van der Waals surface area contributed by atoms with Crippen LogP contribution in [0.2, 0.25) is 0 Å². The number of carbonyl (C=O) groups is 5. The number of carboxylic acid groups (broad SMARTS) is 1. The van der Waals surface area contributed by atoms with Crippen molar-refractivity contribution in [2.75, 3.05) is 6.54 Å². The average molecular weight is 553 g/mol. The number of nitrogen functional groups attached to an aromatic ring is 1. The fourth-order valence-electron chi connectivity index (χ4n) is 3.63. The van der Waals surface area contributed by atoms with Crippen LogP contribution in [0, 0.1) is 5.41 Å². The van der Waals surface area contributed by atoms with Crippen molar-refractivity contribution >= 4 is 35.4 Å². The second-order valence-electron chi connectivity index (χ2n) is 10.2. The zero-order chi connectivity index (χ0) is 29.9. The Kier molecular flexibility index (Phi) is 11.4. The molecule has 0 saturated heterocycles. The molecule has 2 atom stereocenters. The van der Waals surface area contributed by atoms with Crippen LogP contribution in [0.25, 0.3) is 0 Å². The van der Waals surface area contributed by atoms with Crippen LogP contribution in [0.3, 0.4) is 0 Å². The molecule has 0 spiro atoms. The van der Waals surface area contributed by atoms with Gasteiger partial charge in [-0.25, -0.2) is 0 Å². The Morgan fingerprint density at radius 2 is 1.48 bits per heavy atom. The number of carbonyl (C=O) groups excluding carboxylic acids is 4. The molecule has 2 rings (SSSR count). The highest BCUT2D eigenvalue weighted by Crippen LogP contribution is 2.08. The van der Waals surface area contributed by atoms with Crippen molar-refractivity contribution in [2.45, 2.75) is 57.7 Å². The van der Waals surface area contributed by atoms with Gasteiger partial charge in [0.25, 0.3) is 5.91 Å². The molecule has 214 valence electrons. The maximum absolute atomic E-state index is 13.1. The predicted molar refractivity (Wildman–Crippen MR) is 149 cm³/mol. The summed E-state index contributed by atoms with van der Waals surface area (Å²) in [6.45, 7) is 5.30. The van der Waals surface area contributed by atoms with Crippen molar-refractivity contribution in [3.63, 3.8) is 0 Å². The van der Waals surface area contributed by atoms with E-state index in [0.29, 0.717) is 11.1 Å². The summed E-state index contributed by atoms with van der Waals surface area (Å²) in [4.78, 5) is 62.3. The van der Waals surface area contributed by atoms with E-state index in [4.69, 9.17) is 11.1 Å². The molecule has 12 nitrogen and oxygen atoms in total. The lowest BCUT2D eigenvalue weighted by Crippen LogP contribution is -2.57. The number of hydrogen-bond donors (Lipinski definition) is 7. The normalized spacial score (nSPS) is 12.4. The fraction of sp³-hybridized carbons (Fsp3) is 0.357. The van der Waals surface area contributed by atoms with E-state index in [9.17, 15) is 29.1 Å². The number of amidine groups is 1. The molecule has 0 heterocycles. The standard InChI is InChI=1S/C28H36N6O6/c1-28(2,3)34-27(40)20(15-17-7-5-4-6-8-17)33-26(39)21(16-23(36)37)32-22(35)13-14-31-25(38)19-11-9-18(10-12-19)24(29)30/h4-12,20-21H,13-16H2,1-3H3,(H3,29,30)(H,31,38)(H,32,35)(H,33,39)(H,34,40)(H,36,37)/t20-,21-/m0/s1. The lowest BCUT2D eigenvalue weighted by atomic mass is 10.0. The third kappa shape index (κ3) is 10.9. The van der Waals surface area contributed by atoms with Crippen LogP contribution in [-0.2, 0) is 25.6 Å². The van der Waals surface area contributed by atoms with Crippen molar-refractivity contribution in [1.29, 1.82) is 5.41 Å². The number of carboxylic acids is 1. The highest BCUT2D eigenvalue weighted by atomic mass is 16.4. The minimum Gasteiger partial charge on any atom is -0.481 e. The Morgan fingerprint density at radius 1 is 0.875 bits per heavy atom. The van der Waals surface area contributed by atoms with Gasteiger partial charge in [-0.2, -0.15) is 0 Å². The number of rotatable bonds is 13. The minimum atomic E-state index is -1.44. The molecule has 40 heavy (non-hydrogen) atoms. The van der Waals surface area contributed by atoms with Gasteiger partial charge in [-0.15, -0.1) is 0 Å². The third-order valence-electron chi connectivity index (χ3n) is 5.54. The zero-order valence-corrected chi connectivity index (χ0v) is 22.7. The molecule has 0 aliphatic heterocycles. The first-order valence-corrected chi connectivity index (χ1v) is 12.7. The number of nitrogens with two attached hydrogens (primary N) is 1. The summed E-state index contributed by atoms with van der Waals surface area (Å²) in [5, 5.41) is 27.1. The number of amides is 4. The van der Waals surface area contributed by atoms with E-state index in [0.717, 1.165) is 5.56 Å². The Morgan fingerprint density at radius 3 is 2.02 bits per heavy atom. The van der Waals surface area contributed by atoms with Crippen LogP contribution in [0.4, 0.5) is 0 Å². The maximum atomic E-state index is 13.1. The van der Waals surface area contributed by atoms with Crippen LogP contribution in [-0.4, -0.2) is 64.7 Å². The maximum Gasteiger partial charge on any atom is 0.305 e. The van der Waals surface area contributed by atoms with Gasteiger partial charge in [0.05, 0.1) is 6.42 Å². The van der Waals surface area contributed by atoms with Crippen LogP contribution in [0.1, 0.15) is 55.1 Å². The molecule has 0 bridgehead atoms. The van der Waals surface area contributed by atoms with Gasteiger partial charge in [-0.3, -0.25) is 29.4 Å². The zero-order valence-electron chi connectivity index (χ0n) is 22.7. The van der Waals surface area contributed by atoms with Crippen LogP contribution in [0.5, 0.6) is 0 Å². The second kappa shape index (κ2) is 14.4. The number of benzene rings is 2. The van der Waals surface area contributed by atoms with E-state index < -0.39 is 53.6 Å². The molecule has 0 fully saturated rings. The Hall–Kier alpha value is -4.74. The highest BCUT2D eigenvalue weighted by molar-refractivity contribution is 5.98.